The third kappa shape index (κ3) is 3.82. The van der Waals surface area contributed by atoms with E-state index >= 15 is 0 Å². The molecule has 1 saturated heterocycles. The Hall–Kier alpha value is -2.44. The van der Waals surface area contributed by atoms with Crippen LogP contribution in [0.4, 0.5) is 4.39 Å². The highest BCUT2D eigenvalue weighted by molar-refractivity contribution is 6.31. The van der Waals surface area contributed by atoms with Gasteiger partial charge in [0.1, 0.15) is 5.82 Å². The Kier molecular flexibility index (Phi) is 4.85. The standard InChI is InChI=1S/C19H14Cl2FN3O2/c20-14-3-1-2-11(6-14)19-23-18(24-27-19)13-7-17(26)25(10-13)9-12-4-5-15(22)8-16(12)21/h1-6,8,13H,7,9-10H2. The van der Waals surface area contributed by atoms with Crippen LogP contribution in [0.1, 0.15) is 23.7 Å². The first-order valence-corrected chi connectivity index (χ1v) is 9.06. The normalized spacial score (nSPS) is 16.9. The van der Waals surface area contributed by atoms with Gasteiger partial charge in [-0.25, -0.2) is 4.39 Å². The van der Waals surface area contributed by atoms with E-state index in [0.29, 0.717) is 40.4 Å². The first kappa shape index (κ1) is 17.9. The maximum atomic E-state index is 13.2. The molecule has 0 N–H and O–H groups in total. The van der Waals surface area contributed by atoms with E-state index in [4.69, 9.17) is 27.7 Å². The largest absolute Gasteiger partial charge is 0.338 e. The number of amides is 1. The van der Waals surface area contributed by atoms with Gasteiger partial charge in [-0.3, -0.25) is 4.79 Å². The summed E-state index contributed by atoms with van der Waals surface area (Å²) >= 11 is 12.1. The number of hydrogen-bond donors (Lipinski definition) is 0. The Morgan fingerprint density at radius 2 is 2.07 bits per heavy atom. The number of benzene rings is 2. The quantitative estimate of drug-likeness (QED) is 0.631. The third-order valence-corrected chi connectivity index (χ3v) is 5.06. The fourth-order valence-electron chi connectivity index (χ4n) is 3.09. The van der Waals surface area contributed by atoms with Gasteiger partial charge < -0.3 is 9.42 Å². The summed E-state index contributed by atoms with van der Waals surface area (Å²) in [6, 6.07) is 11.3. The lowest BCUT2D eigenvalue weighted by Gasteiger charge is -2.17. The van der Waals surface area contributed by atoms with Crippen molar-refractivity contribution in [3.63, 3.8) is 0 Å². The predicted octanol–water partition coefficient (Wildman–Crippen LogP) is 4.70. The van der Waals surface area contributed by atoms with E-state index in [1.165, 1.54) is 12.1 Å². The number of nitrogens with zero attached hydrogens (tertiary/aromatic N) is 3. The molecule has 2 aromatic carbocycles. The number of carbonyl (C=O) groups is 1. The van der Waals surface area contributed by atoms with Gasteiger partial charge in [0.15, 0.2) is 5.82 Å². The van der Waals surface area contributed by atoms with Crippen molar-refractivity contribution < 1.29 is 13.7 Å². The SMILES string of the molecule is O=C1CC(c2noc(-c3cccc(Cl)c3)n2)CN1Cc1ccc(F)cc1Cl. The molecular weight excluding hydrogens is 392 g/mol. The number of likely N-dealkylation sites (tertiary alicyclic amines) is 1. The minimum Gasteiger partial charge on any atom is -0.338 e. The smallest absolute Gasteiger partial charge is 0.257 e. The van der Waals surface area contributed by atoms with Crippen molar-refractivity contribution in [2.24, 2.45) is 0 Å². The number of aromatic nitrogens is 2. The van der Waals surface area contributed by atoms with Crippen molar-refractivity contribution in [2.75, 3.05) is 6.54 Å². The highest BCUT2D eigenvalue weighted by Gasteiger charge is 2.34. The molecule has 5 nitrogen and oxygen atoms in total. The van der Waals surface area contributed by atoms with Gasteiger partial charge in [-0.05, 0) is 35.9 Å². The lowest BCUT2D eigenvalue weighted by Crippen LogP contribution is -2.24. The minimum atomic E-state index is -0.408. The summed E-state index contributed by atoms with van der Waals surface area (Å²) in [5.74, 6) is 0.226. The molecule has 1 fully saturated rings. The van der Waals surface area contributed by atoms with Crippen LogP contribution in [0.15, 0.2) is 47.0 Å². The van der Waals surface area contributed by atoms with E-state index in [0.717, 1.165) is 5.56 Å². The Bertz CT molecular complexity index is 1010. The summed E-state index contributed by atoms with van der Waals surface area (Å²) in [5.41, 5.74) is 1.42. The zero-order valence-corrected chi connectivity index (χ0v) is 15.5. The fourth-order valence-corrected chi connectivity index (χ4v) is 3.51. The van der Waals surface area contributed by atoms with Crippen molar-refractivity contribution >= 4 is 29.1 Å². The summed E-state index contributed by atoms with van der Waals surface area (Å²) in [5, 5.41) is 4.90. The first-order valence-electron chi connectivity index (χ1n) is 8.31. The average Bonchev–Trinajstić information content (AvgIpc) is 3.25. The Morgan fingerprint density at radius 3 is 2.85 bits per heavy atom. The van der Waals surface area contributed by atoms with Crippen LogP contribution in [0.5, 0.6) is 0 Å². The van der Waals surface area contributed by atoms with Crippen LogP contribution < -0.4 is 0 Å². The number of carbonyl (C=O) groups excluding carboxylic acids is 1. The molecule has 1 aliphatic rings. The van der Waals surface area contributed by atoms with E-state index in [9.17, 15) is 9.18 Å². The van der Waals surface area contributed by atoms with Gasteiger partial charge in [-0.1, -0.05) is 40.5 Å². The highest BCUT2D eigenvalue weighted by atomic mass is 35.5. The Balaban J connectivity index is 1.49. The molecule has 1 unspecified atom stereocenters. The minimum absolute atomic E-state index is 0.0329. The van der Waals surface area contributed by atoms with Gasteiger partial charge in [0.05, 0.1) is 0 Å². The monoisotopic (exact) mass is 405 g/mol. The van der Waals surface area contributed by atoms with Crippen LogP contribution in [0.3, 0.4) is 0 Å². The van der Waals surface area contributed by atoms with Crippen molar-refractivity contribution in [2.45, 2.75) is 18.9 Å². The second-order valence-electron chi connectivity index (χ2n) is 6.38. The topological polar surface area (TPSA) is 59.2 Å². The van der Waals surface area contributed by atoms with Gasteiger partial charge in [-0.2, -0.15) is 4.98 Å². The van der Waals surface area contributed by atoms with Crippen molar-refractivity contribution in [1.29, 1.82) is 0 Å². The lowest BCUT2D eigenvalue weighted by molar-refractivity contribution is -0.128. The van der Waals surface area contributed by atoms with Crippen molar-refractivity contribution in [3.8, 4) is 11.5 Å². The molecule has 138 valence electrons. The molecule has 2 heterocycles. The highest BCUT2D eigenvalue weighted by Crippen LogP contribution is 2.30. The maximum Gasteiger partial charge on any atom is 0.257 e. The molecule has 0 aliphatic carbocycles. The summed E-state index contributed by atoms with van der Waals surface area (Å²) in [7, 11) is 0. The Morgan fingerprint density at radius 1 is 1.22 bits per heavy atom. The fraction of sp³-hybridized carbons (Fsp3) is 0.211. The molecule has 27 heavy (non-hydrogen) atoms. The van der Waals surface area contributed by atoms with Crippen molar-refractivity contribution in [1.82, 2.24) is 15.0 Å². The molecule has 1 aliphatic heterocycles. The summed E-state index contributed by atoms with van der Waals surface area (Å²) in [6.07, 6.45) is 0.285. The predicted molar refractivity (Wildman–Crippen MR) is 98.9 cm³/mol. The molecule has 3 aromatic rings. The van der Waals surface area contributed by atoms with E-state index in [-0.39, 0.29) is 18.2 Å². The van der Waals surface area contributed by atoms with E-state index in [2.05, 4.69) is 10.1 Å². The maximum absolute atomic E-state index is 13.2. The summed E-state index contributed by atoms with van der Waals surface area (Å²) in [6.45, 7) is 0.758. The Labute approximate surface area is 164 Å². The molecule has 0 saturated carbocycles. The number of hydrogen-bond acceptors (Lipinski definition) is 4. The van der Waals surface area contributed by atoms with E-state index < -0.39 is 5.82 Å². The molecule has 1 aromatic heterocycles. The summed E-state index contributed by atoms with van der Waals surface area (Å²) in [4.78, 5) is 18.5. The van der Waals surface area contributed by atoms with Crippen molar-refractivity contribution in [3.05, 3.63) is 69.7 Å². The second kappa shape index (κ2) is 7.29. The van der Waals surface area contributed by atoms with Gasteiger partial charge in [-0.15, -0.1) is 0 Å². The zero-order valence-electron chi connectivity index (χ0n) is 14.0. The van der Waals surface area contributed by atoms with Crippen LogP contribution in [0, 0.1) is 5.82 Å². The lowest BCUT2D eigenvalue weighted by atomic mass is 10.1. The van der Waals surface area contributed by atoms with E-state index in [1.54, 1.807) is 29.2 Å². The molecule has 0 radical (unpaired) electrons. The molecule has 1 atom stereocenters. The number of rotatable bonds is 4. The van der Waals surface area contributed by atoms with Gasteiger partial charge in [0.2, 0.25) is 5.91 Å². The van der Waals surface area contributed by atoms with Crippen LogP contribution in [-0.2, 0) is 11.3 Å². The third-order valence-electron chi connectivity index (χ3n) is 4.47. The van der Waals surface area contributed by atoms with Gasteiger partial charge in [0.25, 0.3) is 5.89 Å². The van der Waals surface area contributed by atoms with Crippen LogP contribution >= 0.6 is 23.2 Å². The van der Waals surface area contributed by atoms with Crippen LogP contribution in [0.25, 0.3) is 11.5 Å². The first-order chi connectivity index (χ1) is 13.0. The van der Waals surface area contributed by atoms with Crippen LogP contribution in [0.2, 0.25) is 10.0 Å². The molecule has 0 spiro atoms. The molecule has 8 heteroatoms. The van der Waals surface area contributed by atoms with Gasteiger partial charge >= 0.3 is 0 Å². The summed E-state index contributed by atoms with van der Waals surface area (Å²) < 4.78 is 18.5. The number of halogens is 3. The molecule has 4 rings (SSSR count). The van der Waals surface area contributed by atoms with Gasteiger partial charge in [0, 0.05) is 41.0 Å². The molecule has 1 amide bonds. The van der Waals surface area contributed by atoms with E-state index in [1.807, 2.05) is 6.07 Å². The average molecular weight is 406 g/mol. The zero-order chi connectivity index (χ0) is 19.0. The molecular formula is C19H14Cl2FN3O2. The molecule has 0 bridgehead atoms. The second-order valence-corrected chi connectivity index (χ2v) is 7.22. The van der Waals surface area contributed by atoms with Crippen LogP contribution in [-0.4, -0.2) is 27.5 Å².